The van der Waals surface area contributed by atoms with Crippen molar-refractivity contribution >= 4 is 33.5 Å². The Morgan fingerprint density at radius 1 is 1.25 bits per heavy atom. The van der Waals surface area contributed by atoms with Gasteiger partial charge in [-0.25, -0.2) is 4.39 Å². The molecule has 0 atom stereocenters. The van der Waals surface area contributed by atoms with Gasteiger partial charge in [-0.2, -0.15) is 0 Å². The van der Waals surface area contributed by atoms with E-state index in [1.165, 1.54) is 18.2 Å². The minimum Gasteiger partial charge on any atom is -0.487 e. The molecule has 0 spiro atoms. The second-order valence-corrected chi connectivity index (χ2v) is 6.32. The van der Waals surface area contributed by atoms with Crippen molar-refractivity contribution in [1.29, 1.82) is 0 Å². The minimum atomic E-state index is -0.496. The molecule has 0 fully saturated rings. The second-order valence-electron chi connectivity index (χ2n) is 5.06. The maximum atomic E-state index is 14.1. The highest BCUT2D eigenvalue weighted by atomic mass is 79.9. The van der Waals surface area contributed by atoms with Gasteiger partial charge in [0.2, 0.25) is 0 Å². The van der Waals surface area contributed by atoms with Crippen LogP contribution in [0, 0.1) is 5.82 Å². The summed E-state index contributed by atoms with van der Waals surface area (Å²) in [7, 11) is 0. The van der Waals surface area contributed by atoms with E-state index in [1.807, 2.05) is 13.0 Å². The molecule has 0 aromatic heterocycles. The van der Waals surface area contributed by atoms with Gasteiger partial charge in [0, 0.05) is 17.5 Å². The quantitative estimate of drug-likeness (QED) is 0.448. The Balaban J connectivity index is 2.23. The van der Waals surface area contributed by atoms with Gasteiger partial charge < -0.3 is 9.47 Å². The van der Waals surface area contributed by atoms with Gasteiger partial charge in [-0.15, -0.1) is 0 Å². The minimum absolute atomic E-state index is 0.0839. The van der Waals surface area contributed by atoms with Gasteiger partial charge in [-0.05, 0) is 46.1 Å². The zero-order valence-corrected chi connectivity index (χ0v) is 15.7. The summed E-state index contributed by atoms with van der Waals surface area (Å²) in [5.74, 6) is -0.273. The standard InChI is InChI=1S/C18H17BrClFO3/c1-3-11-8-13(19)17(9-14(11)20)23-10-12-15(21)6-5-7-16(12)24-18(22)4-2/h5-9H,3-4,10H2,1-2H3. The summed E-state index contributed by atoms with van der Waals surface area (Å²) in [6.07, 6.45) is 0.999. The number of ether oxygens (including phenoxy) is 2. The first-order chi connectivity index (χ1) is 11.5. The van der Waals surface area contributed by atoms with Crippen molar-refractivity contribution in [1.82, 2.24) is 0 Å². The van der Waals surface area contributed by atoms with Crippen LogP contribution in [0.1, 0.15) is 31.4 Å². The van der Waals surface area contributed by atoms with Gasteiger partial charge in [0.05, 0.1) is 10.0 Å². The van der Waals surface area contributed by atoms with E-state index in [-0.39, 0.29) is 24.3 Å². The predicted molar refractivity (Wildman–Crippen MR) is 95.2 cm³/mol. The number of hydrogen-bond donors (Lipinski definition) is 0. The first-order valence-electron chi connectivity index (χ1n) is 7.55. The van der Waals surface area contributed by atoms with Crippen molar-refractivity contribution in [2.24, 2.45) is 0 Å². The molecule has 0 N–H and O–H groups in total. The Bertz CT molecular complexity index is 749. The van der Waals surface area contributed by atoms with Gasteiger partial charge in [-0.3, -0.25) is 4.79 Å². The molecule has 0 heterocycles. The molecule has 24 heavy (non-hydrogen) atoms. The average molecular weight is 416 g/mol. The number of carbonyl (C=O) groups is 1. The van der Waals surface area contributed by atoms with Crippen LogP contribution in [0.2, 0.25) is 5.02 Å². The van der Waals surface area contributed by atoms with Crippen molar-refractivity contribution in [3.63, 3.8) is 0 Å². The van der Waals surface area contributed by atoms with E-state index < -0.39 is 11.8 Å². The maximum Gasteiger partial charge on any atom is 0.310 e. The number of esters is 1. The molecule has 2 rings (SSSR count). The highest BCUT2D eigenvalue weighted by Gasteiger charge is 2.15. The summed E-state index contributed by atoms with van der Waals surface area (Å²) < 4.78 is 25.7. The van der Waals surface area contributed by atoms with Crippen LogP contribution < -0.4 is 9.47 Å². The molecule has 0 saturated carbocycles. The molecule has 0 amide bonds. The zero-order valence-electron chi connectivity index (χ0n) is 13.4. The Labute approximate surface area is 153 Å². The third-order valence-corrected chi connectivity index (χ3v) is 4.41. The summed E-state index contributed by atoms with van der Waals surface area (Å²) in [6.45, 7) is 3.59. The van der Waals surface area contributed by atoms with E-state index in [2.05, 4.69) is 15.9 Å². The molecule has 0 aliphatic rings. The lowest BCUT2D eigenvalue weighted by Crippen LogP contribution is -2.10. The number of benzene rings is 2. The average Bonchev–Trinajstić information content (AvgIpc) is 2.56. The molecule has 0 radical (unpaired) electrons. The first-order valence-corrected chi connectivity index (χ1v) is 8.72. The van der Waals surface area contributed by atoms with Crippen LogP contribution in [0.3, 0.4) is 0 Å². The van der Waals surface area contributed by atoms with Crippen LogP contribution in [0.15, 0.2) is 34.8 Å². The van der Waals surface area contributed by atoms with Crippen molar-refractivity contribution in [3.8, 4) is 11.5 Å². The summed E-state index contributed by atoms with van der Waals surface area (Å²) >= 11 is 9.61. The molecule has 0 aliphatic heterocycles. The van der Waals surface area contributed by atoms with Crippen LogP contribution >= 0.6 is 27.5 Å². The molecular formula is C18H17BrClFO3. The first kappa shape index (κ1) is 18.7. The fourth-order valence-electron chi connectivity index (χ4n) is 2.07. The second kappa shape index (κ2) is 8.49. The molecule has 2 aromatic carbocycles. The molecule has 128 valence electrons. The lowest BCUT2D eigenvalue weighted by Gasteiger charge is -2.14. The fraction of sp³-hybridized carbons (Fsp3) is 0.278. The molecule has 6 heteroatoms. The molecule has 0 bridgehead atoms. The van der Waals surface area contributed by atoms with Crippen LogP contribution in [-0.2, 0) is 17.8 Å². The highest BCUT2D eigenvalue weighted by Crippen LogP contribution is 2.33. The third kappa shape index (κ3) is 4.48. The summed E-state index contributed by atoms with van der Waals surface area (Å²) in [6, 6.07) is 7.88. The zero-order chi connectivity index (χ0) is 17.7. The molecule has 2 aromatic rings. The predicted octanol–water partition coefficient (Wildman–Crippen LogP) is 5.70. The van der Waals surface area contributed by atoms with Gasteiger partial charge in [0.15, 0.2) is 0 Å². The van der Waals surface area contributed by atoms with Crippen LogP contribution in [-0.4, -0.2) is 5.97 Å². The summed E-state index contributed by atoms with van der Waals surface area (Å²) in [5, 5.41) is 0.585. The summed E-state index contributed by atoms with van der Waals surface area (Å²) in [4.78, 5) is 11.5. The van der Waals surface area contributed by atoms with Crippen molar-refractivity contribution in [2.75, 3.05) is 0 Å². The SMILES string of the molecule is CCC(=O)Oc1cccc(F)c1COc1cc(Cl)c(CC)cc1Br. The summed E-state index contributed by atoms with van der Waals surface area (Å²) in [5.41, 5.74) is 1.17. The lowest BCUT2D eigenvalue weighted by molar-refractivity contribution is -0.134. The normalized spacial score (nSPS) is 10.5. The third-order valence-electron chi connectivity index (χ3n) is 3.44. The number of aryl methyl sites for hydroxylation is 1. The van der Waals surface area contributed by atoms with E-state index in [0.29, 0.717) is 10.8 Å². The van der Waals surface area contributed by atoms with E-state index in [9.17, 15) is 9.18 Å². The Morgan fingerprint density at radius 2 is 2.00 bits per heavy atom. The Kier molecular flexibility index (Phi) is 6.63. The number of rotatable bonds is 6. The van der Waals surface area contributed by atoms with Crippen molar-refractivity contribution < 1.29 is 18.7 Å². The number of hydrogen-bond acceptors (Lipinski definition) is 3. The lowest BCUT2D eigenvalue weighted by atomic mass is 10.1. The molecule has 3 nitrogen and oxygen atoms in total. The molecule has 0 saturated heterocycles. The number of halogens is 3. The van der Waals surface area contributed by atoms with E-state index in [1.54, 1.807) is 13.0 Å². The number of carbonyl (C=O) groups excluding carboxylic acids is 1. The maximum absolute atomic E-state index is 14.1. The van der Waals surface area contributed by atoms with E-state index in [0.717, 1.165) is 16.5 Å². The van der Waals surface area contributed by atoms with Crippen LogP contribution in [0.25, 0.3) is 0 Å². The fourth-order valence-corrected chi connectivity index (χ4v) is 2.86. The van der Waals surface area contributed by atoms with Gasteiger partial charge >= 0.3 is 5.97 Å². The molecular weight excluding hydrogens is 399 g/mol. The molecule has 0 unspecified atom stereocenters. The molecule has 0 aliphatic carbocycles. The largest absolute Gasteiger partial charge is 0.487 e. The smallest absolute Gasteiger partial charge is 0.310 e. The van der Waals surface area contributed by atoms with Crippen molar-refractivity contribution in [3.05, 3.63) is 56.8 Å². The van der Waals surface area contributed by atoms with E-state index in [4.69, 9.17) is 21.1 Å². The van der Waals surface area contributed by atoms with Gasteiger partial charge in [0.1, 0.15) is 23.9 Å². The monoisotopic (exact) mass is 414 g/mol. The topological polar surface area (TPSA) is 35.5 Å². The van der Waals surface area contributed by atoms with E-state index >= 15 is 0 Å². The van der Waals surface area contributed by atoms with Gasteiger partial charge in [0.25, 0.3) is 0 Å². The van der Waals surface area contributed by atoms with Crippen molar-refractivity contribution in [2.45, 2.75) is 33.3 Å². The van der Waals surface area contributed by atoms with Gasteiger partial charge in [-0.1, -0.05) is 31.5 Å². The Morgan fingerprint density at radius 3 is 2.67 bits per heavy atom. The Hall–Kier alpha value is -1.59. The van der Waals surface area contributed by atoms with Crippen LogP contribution in [0.5, 0.6) is 11.5 Å². The highest BCUT2D eigenvalue weighted by molar-refractivity contribution is 9.10. The van der Waals surface area contributed by atoms with Crippen LogP contribution in [0.4, 0.5) is 4.39 Å².